The van der Waals surface area contributed by atoms with E-state index in [1.165, 1.54) is 37.8 Å². The largest absolute Gasteiger partial charge is 0.373 e. The van der Waals surface area contributed by atoms with Crippen molar-refractivity contribution >= 4 is 5.82 Å². The molecule has 1 aliphatic carbocycles. The average molecular weight is 285 g/mol. The minimum absolute atomic E-state index is 0.213. The van der Waals surface area contributed by atoms with Gasteiger partial charge in [-0.3, -0.25) is 0 Å². The lowest BCUT2D eigenvalue weighted by Crippen LogP contribution is -2.06. The highest BCUT2D eigenvalue weighted by molar-refractivity contribution is 5.37. The molecule has 0 saturated heterocycles. The van der Waals surface area contributed by atoms with Crippen LogP contribution in [-0.4, -0.2) is 17.0 Å². The van der Waals surface area contributed by atoms with Crippen LogP contribution in [0.1, 0.15) is 48.7 Å². The Morgan fingerprint density at radius 2 is 1.86 bits per heavy atom. The second-order valence-corrected chi connectivity index (χ2v) is 5.63. The molecule has 1 fully saturated rings. The molecule has 0 amide bonds. The molecule has 1 heterocycles. The summed E-state index contributed by atoms with van der Waals surface area (Å²) < 4.78 is 13.0. The molecule has 0 radical (unpaired) electrons. The highest BCUT2D eigenvalue weighted by Crippen LogP contribution is 2.33. The van der Waals surface area contributed by atoms with E-state index >= 15 is 0 Å². The molecule has 21 heavy (non-hydrogen) atoms. The maximum atomic E-state index is 13.0. The Balaban J connectivity index is 1.86. The molecule has 0 aliphatic heterocycles. The second kappa shape index (κ2) is 6.20. The minimum Gasteiger partial charge on any atom is -0.373 e. The number of benzene rings is 1. The molecule has 3 rings (SSSR count). The molecule has 110 valence electrons. The van der Waals surface area contributed by atoms with Gasteiger partial charge < -0.3 is 5.32 Å². The van der Waals surface area contributed by atoms with Crippen molar-refractivity contribution in [2.24, 2.45) is 0 Å². The Morgan fingerprint density at radius 3 is 2.52 bits per heavy atom. The van der Waals surface area contributed by atoms with E-state index in [1.54, 1.807) is 12.1 Å². The van der Waals surface area contributed by atoms with Gasteiger partial charge in [-0.2, -0.15) is 0 Å². The monoisotopic (exact) mass is 285 g/mol. The van der Waals surface area contributed by atoms with Gasteiger partial charge in [0, 0.05) is 31.1 Å². The molecule has 0 spiro atoms. The van der Waals surface area contributed by atoms with Crippen LogP contribution in [0.25, 0.3) is 0 Å². The summed E-state index contributed by atoms with van der Waals surface area (Å²) in [5.74, 6) is 2.02. The lowest BCUT2D eigenvalue weighted by Gasteiger charge is -2.12. The maximum absolute atomic E-state index is 13.0. The summed E-state index contributed by atoms with van der Waals surface area (Å²) in [6.07, 6.45) is 5.65. The van der Waals surface area contributed by atoms with Gasteiger partial charge in [-0.25, -0.2) is 14.4 Å². The normalized spacial score (nSPS) is 15.3. The van der Waals surface area contributed by atoms with Crippen LogP contribution in [0.5, 0.6) is 0 Å². The molecule has 1 aromatic heterocycles. The Kier molecular flexibility index (Phi) is 4.13. The van der Waals surface area contributed by atoms with Gasteiger partial charge in [0.25, 0.3) is 0 Å². The van der Waals surface area contributed by atoms with Gasteiger partial charge in [-0.05, 0) is 30.5 Å². The smallest absolute Gasteiger partial charge is 0.135 e. The molecule has 0 atom stereocenters. The number of nitrogens with zero attached hydrogens (tertiary/aromatic N) is 2. The van der Waals surface area contributed by atoms with E-state index in [4.69, 9.17) is 4.98 Å². The van der Waals surface area contributed by atoms with E-state index in [2.05, 4.69) is 16.4 Å². The van der Waals surface area contributed by atoms with Gasteiger partial charge in [0.05, 0.1) is 0 Å². The highest BCUT2D eigenvalue weighted by atomic mass is 19.1. The van der Waals surface area contributed by atoms with E-state index < -0.39 is 0 Å². The second-order valence-electron chi connectivity index (χ2n) is 5.63. The summed E-state index contributed by atoms with van der Waals surface area (Å²) in [5.41, 5.74) is 2.17. The molecule has 0 bridgehead atoms. The van der Waals surface area contributed by atoms with Gasteiger partial charge in [-0.15, -0.1) is 0 Å². The Morgan fingerprint density at radius 1 is 1.14 bits per heavy atom. The summed E-state index contributed by atoms with van der Waals surface area (Å²) in [4.78, 5) is 9.26. The molecule has 3 nitrogen and oxygen atoms in total. The quantitative estimate of drug-likeness (QED) is 0.925. The van der Waals surface area contributed by atoms with E-state index in [9.17, 15) is 4.39 Å². The summed E-state index contributed by atoms with van der Waals surface area (Å²) in [5, 5.41) is 3.12. The van der Waals surface area contributed by atoms with E-state index in [0.29, 0.717) is 12.3 Å². The Hall–Kier alpha value is -1.97. The van der Waals surface area contributed by atoms with Crippen molar-refractivity contribution < 1.29 is 4.39 Å². The third-order valence-electron chi connectivity index (χ3n) is 4.10. The molecule has 0 unspecified atom stereocenters. The number of aromatic nitrogens is 2. The topological polar surface area (TPSA) is 37.8 Å². The SMILES string of the molecule is CNc1cc(C2CCCC2)nc(Cc2ccc(F)cc2)n1. The number of hydrogen-bond donors (Lipinski definition) is 1. The first-order valence-corrected chi connectivity index (χ1v) is 7.54. The van der Waals surface area contributed by atoms with Crippen LogP contribution >= 0.6 is 0 Å². The van der Waals surface area contributed by atoms with Crippen molar-refractivity contribution in [2.45, 2.75) is 38.0 Å². The van der Waals surface area contributed by atoms with Crippen LogP contribution < -0.4 is 5.32 Å². The Labute approximate surface area is 124 Å². The van der Waals surface area contributed by atoms with Crippen molar-refractivity contribution in [3.8, 4) is 0 Å². The van der Waals surface area contributed by atoms with Gasteiger partial charge in [0.2, 0.25) is 0 Å². The first kappa shape index (κ1) is 14.0. The van der Waals surface area contributed by atoms with Crippen LogP contribution in [0.15, 0.2) is 30.3 Å². The van der Waals surface area contributed by atoms with Crippen molar-refractivity contribution in [3.63, 3.8) is 0 Å². The molecule has 1 N–H and O–H groups in total. The lowest BCUT2D eigenvalue weighted by molar-refractivity contribution is 0.627. The van der Waals surface area contributed by atoms with Crippen molar-refractivity contribution in [1.29, 1.82) is 0 Å². The van der Waals surface area contributed by atoms with Crippen LogP contribution in [0.2, 0.25) is 0 Å². The summed E-state index contributed by atoms with van der Waals surface area (Å²) in [6, 6.07) is 8.61. The number of nitrogens with one attached hydrogen (secondary N) is 1. The molecule has 4 heteroatoms. The summed E-state index contributed by atoms with van der Waals surface area (Å²) >= 11 is 0. The zero-order chi connectivity index (χ0) is 14.7. The lowest BCUT2D eigenvalue weighted by atomic mass is 10.0. The first-order valence-electron chi connectivity index (χ1n) is 7.54. The predicted molar refractivity (Wildman–Crippen MR) is 82.0 cm³/mol. The van der Waals surface area contributed by atoms with Gasteiger partial charge >= 0.3 is 0 Å². The van der Waals surface area contributed by atoms with E-state index in [-0.39, 0.29) is 5.82 Å². The minimum atomic E-state index is -0.213. The molecule has 1 aromatic carbocycles. The molecular formula is C17H20FN3. The summed E-state index contributed by atoms with van der Waals surface area (Å²) in [7, 11) is 1.88. The van der Waals surface area contributed by atoms with Crippen LogP contribution in [0.3, 0.4) is 0 Å². The highest BCUT2D eigenvalue weighted by Gasteiger charge is 2.19. The van der Waals surface area contributed by atoms with Gasteiger partial charge in [-0.1, -0.05) is 25.0 Å². The predicted octanol–water partition coefficient (Wildman–Crippen LogP) is 3.91. The zero-order valence-corrected chi connectivity index (χ0v) is 12.3. The number of hydrogen-bond acceptors (Lipinski definition) is 3. The van der Waals surface area contributed by atoms with Gasteiger partial charge in [0.15, 0.2) is 0 Å². The third kappa shape index (κ3) is 3.38. The number of rotatable bonds is 4. The van der Waals surface area contributed by atoms with Gasteiger partial charge in [0.1, 0.15) is 17.5 Å². The average Bonchev–Trinajstić information content (AvgIpc) is 3.04. The molecular weight excluding hydrogens is 265 g/mol. The zero-order valence-electron chi connectivity index (χ0n) is 12.3. The number of anilines is 1. The molecule has 1 saturated carbocycles. The van der Waals surface area contributed by atoms with E-state index in [0.717, 1.165) is 22.9 Å². The molecule has 1 aliphatic rings. The maximum Gasteiger partial charge on any atom is 0.135 e. The Bertz CT molecular complexity index is 604. The molecule has 2 aromatic rings. The summed E-state index contributed by atoms with van der Waals surface area (Å²) in [6.45, 7) is 0. The fraction of sp³-hybridized carbons (Fsp3) is 0.412. The number of halogens is 1. The van der Waals surface area contributed by atoms with Crippen LogP contribution in [0.4, 0.5) is 10.2 Å². The van der Waals surface area contributed by atoms with Crippen molar-refractivity contribution in [1.82, 2.24) is 9.97 Å². The third-order valence-corrected chi connectivity index (χ3v) is 4.10. The standard InChI is InChI=1S/C17H20FN3/c1-19-16-11-15(13-4-2-3-5-13)20-17(21-16)10-12-6-8-14(18)9-7-12/h6-9,11,13H,2-5,10H2,1H3,(H,19,20,21). The van der Waals surface area contributed by atoms with Crippen molar-refractivity contribution in [3.05, 3.63) is 53.2 Å². The van der Waals surface area contributed by atoms with E-state index in [1.807, 2.05) is 7.05 Å². The van der Waals surface area contributed by atoms with Crippen molar-refractivity contribution in [2.75, 3.05) is 12.4 Å². The van der Waals surface area contributed by atoms with Crippen LogP contribution in [0, 0.1) is 5.82 Å². The fourth-order valence-corrected chi connectivity index (χ4v) is 2.94. The van der Waals surface area contributed by atoms with Crippen LogP contribution in [-0.2, 0) is 6.42 Å². The fourth-order valence-electron chi connectivity index (χ4n) is 2.94. The first-order chi connectivity index (χ1) is 10.2.